The van der Waals surface area contributed by atoms with E-state index in [1.807, 2.05) is 59.5 Å². The van der Waals surface area contributed by atoms with Crippen LogP contribution < -0.4 is 9.80 Å². The highest BCUT2D eigenvalue weighted by molar-refractivity contribution is 6.14. The maximum Gasteiger partial charge on any atom is 0.261 e. The van der Waals surface area contributed by atoms with Gasteiger partial charge in [-0.2, -0.15) is 0 Å². The number of carbonyl (C=O) groups is 1. The van der Waals surface area contributed by atoms with Crippen molar-refractivity contribution in [1.82, 2.24) is 4.57 Å². The van der Waals surface area contributed by atoms with E-state index >= 15 is 0 Å². The monoisotopic (exact) mass is 541 g/mol. The second-order valence-corrected chi connectivity index (χ2v) is 10.6. The van der Waals surface area contributed by atoms with Gasteiger partial charge in [0.2, 0.25) is 0 Å². The Hall–Kier alpha value is -5.61. The third kappa shape index (κ3) is 3.88. The Kier molecular flexibility index (Phi) is 5.64. The third-order valence-electron chi connectivity index (χ3n) is 8.20. The molecule has 0 radical (unpaired) electrons. The predicted molar refractivity (Wildman–Crippen MR) is 173 cm³/mol. The van der Waals surface area contributed by atoms with Gasteiger partial charge in [-0.3, -0.25) is 9.69 Å². The van der Waals surface area contributed by atoms with Gasteiger partial charge in [0, 0.05) is 27.8 Å². The Morgan fingerprint density at radius 2 is 1.00 bits per heavy atom. The summed E-state index contributed by atoms with van der Waals surface area (Å²) in [6, 6.07) is 52.1. The first-order valence-electron chi connectivity index (χ1n) is 14.2. The van der Waals surface area contributed by atoms with Crippen LogP contribution in [0.15, 0.2) is 152 Å². The maximum absolute atomic E-state index is 14.0. The summed E-state index contributed by atoms with van der Waals surface area (Å²) in [5.41, 5.74) is 9.12. The Morgan fingerprint density at radius 1 is 0.452 bits per heavy atom. The van der Waals surface area contributed by atoms with Crippen molar-refractivity contribution in [3.05, 3.63) is 157 Å². The normalized spacial score (nSPS) is 13.1. The number of para-hydroxylation sites is 4. The molecule has 200 valence electrons. The summed E-state index contributed by atoms with van der Waals surface area (Å²) in [6.07, 6.45) is 0. The molecule has 7 aromatic rings. The molecule has 1 aliphatic heterocycles. The number of hydrogen-bond donors (Lipinski definition) is 0. The minimum Gasteiger partial charge on any atom is -0.322 e. The maximum atomic E-state index is 14.0. The molecule has 1 aromatic heterocycles. The van der Waals surface area contributed by atoms with E-state index in [9.17, 15) is 4.79 Å². The summed E-state index contributed by atoms with van der Waals surface area (Å²) in [4.78, 5) is 18.1. The summed E-state index contributed by atoms with van der Waals surface area (Å²) in [7, 11) is 0. The first-order valence-corrected chi connectivity index (χ1v) is 14.2. The van der Waals surface area contributed by atoms with E-state index < -0.39 is 0 Å². The fraction of sp³-hybridized carbons (Fsp3) is 0.0263. The van der Waals surface area contributed by atoms with Gasteiger partial charge in [-0.05, 0) is 77.9 Å². The van der Waals surface area contributed by atoms with Gasteiger partial charge < -0.3 is 9.47 Å². The number of fused-ring (bicyclic) bond motifs is 4. The fourth-order valence-corrected chi connectivity index (χ4v) is 6.19. The quantitative estimate of drug-likeness (QED) is 0.222. The molecule has 0 aliphatic carbocycles. The van der Waals surface area contributed by atoms with Gasteiger partial charge in [-0.25, -0.2) is 0 Å². The van der Waals surface area contributed by atoms with Gasteiger partial charge in [0.05, 0.1) is 22.3 Å². The van der Waals surface area contributed by atoms with Crippen LogP contribution in [-0.2, 0) is 0 Å². The molecule has 0 fully saturated rings. The lowest BCUT2D eigenvalue weighted by molar-refractivity contribution is 0.0983. The summed E-state index contributed by atoms with van der Waals surface area (Å²) < 4.78 is 2.32. The smallest absolute Gasteiger partial charge is 0.261 e. The fourth-order valence-electron chi connectivity index (χ4n) is 6.19. The molecule has 0 N–H and O–H groups in total. The SMILES string of the molecule is O=C1c2cc(-c3ccc4c(c3)c3ccccc3n4-c3ccccc3)ccc2N(c2ccccc2)CN1c1ccccc1. The first-order chi connectivity index (χ1) is 20.8. The van der Waals surface area contributed by atoms with Gasteiger partial charge in [0.25, 0.3) is 5.91 Å². The minimum absolute atomic E-state index is 0.00647. The predicted octanol–water partition coefficient (Wildman–Crippen LogP) is 9.21. The standard InChI is InChI=1S/C38H27N3O/c42-38-34-25-28(20-22-35(34)39(29-12-4-1-5-13-29)26-40(38)30-14-6-2-7-15-30)27-21-23-37-33(24-27)32-18-10-11-19-36(32)41(37)31-16-8-3-9-17-31/h1-25H,26H2. The molecule has 4 heteroatoms. The van der Waals surface area contributed by atoms with Crippen molar-refractivity contribution in [1.29, 1.82) is 0 Å². The number of benzene rings is 6. The van der Waals surface area contributed by atoms with E-state index in [0.717, 1.165) is 39.4 Å². The Bertz CT molecular complexity index is 2080. The van der Waals surface area contributed by atoms with E-state index in [4.69, 9.17) is 0 Å². The van der Waals surface area contributed by atoms with Crippen molar-refractivity contribution in [3.8, 4) is 16.8 Å². The van der Waals surface area contributed by atoms with Gasteiger partial charge in [-0.1, -0.05) is 84.9 Å². The molecule has 4 nitrogen and oxygen atoms in total. The summed E-state index contributed by atoms with van der Waals surface area (Å²) in [6.45, 7) is 0.449. The van der Waals surface area contributed by atoms with E-state index in [1.54, 1.807) is 0 Å². The molecular weight excluding hydrogens is 514 g/mol. The zero-order valence-corrected chi connectivity index (χ0v) is 22.9. The Labute approximate surface area is 244 Å². The largest absolute Gasteiger partial charge is 0.322 e. The Morgan fingerprint density at radius 3 is 1.71 bits per heavy atom. The van der Waals surface area contributed by atoms with Crippen LogP contribution in [0.4, 0.5) is 17.1 Å². The highest BCUT2D eigenvalue weighted by Crippen LogP contribution is 2.39. The van der Waals surface area contributed by atoms with Crippen LogP contribution in [0.3, 0.4) is 0 Å². The van der Waals surface area contributed by atoms with Crippen molar-refractivity contribution < 1.29 is 4.79 Å². The molecule has 1 amide bonds. The van der Waals surface area contributed by atoms with Crippen molar-refractivity contribution in [2.24, 2.45) is 0 Å². The van der Waals surface area contributed by atoms with Crippen LogP contribution in [0.5, 0.6) is 0 Å². The molecule has 0 saturated heterocycles. The molecular formula is C38H27N3O. The number of rotatable bonds is 4. The average molecular weight is 542 g/mol. The van der Waals surface area contributed by atoms with E-state index in [1.165, 1.54) is 16.3 Å². The highest BCUT2D eigenvalue weighted by Gasteiger charge is 2.31. The van der Waals surface area contributed by atoms with Gasteiger partial charge in [0.1, 0.15) is 6.67 Å². The molecule has 1 aliphatic rings. The third-order valence-corrected chi connectivity index (χ3v) is 8.20. The lowest BCUT2D eigenvalue weighted by Crippen LogP contribution is -2.45. The van der Waals surface area contributed by atoms with Crippen LogP contribution in [0, 0.1) is 0 Å². The lowest BCUT2D eigenvalue weighted by Gasteiger charge is -2.38. The van der Waals surface area contributed by atoms with Crippen molar-refractivity contribution in [3.63, 3.8) is 0 Å². The molecule has 2 heterocycles. The van der Waals surface area contributed by atoms with Gasteiger partial charge in [0.15, 0.2) is 0 Å². The van der Waals surface area contributed by atoms with E-state index in [0.29, 0.717) is 12.2 Å². The van der Waals surface area contributed by atoms with Gasteiger partial charge >= 0.3 is 0 Å². The Balaban J connectivity index is 1.29. The first kappa shape index (κ1) is 24.2. The number of hydrogen-bond acceptors (Lipinski definition) is 2. The molecule has 0 unspecified atom stereocenters. The molecule has 42 heavy (non-hydrogen) atoms. The average Bonchev–Trinajstić information content (AvgIpc) is 3.40. The summed E-state index contributed by atoms with van der Waals surface area (Å²) in [5.74, 6) is 0.00647. The zero-order valence-electron chi connectivity index (χ0n) is 22.9. The van der Waals surface area contributed by atoms with Crippen LogP contribution >= 0.6 is 0 Å². The number of aromatic nitrogens is 1. The van der Waals surface area contributed by atoms with Crippen LogP contribution in [0.2, 0.25) is 0 Å². The molecule has 0 spiro atoms. The van der Waals surface area contributed by atoms with Crippen LogP contribution in [-0.4, -0.2) is 17.1 Å². The molecule has 0 atom stereocenters. The second kappa shape index (κ2) is 9.79. The molecule has 8 rings (SSSR count). The number of amides is 1. The van der Waals surface area contributed by atoms with Crippen LogP contribution in [0.1, 0.15) is 10.4 Å². The number of carbonyl (C=O) groups excluding carboxylic acids is 1. The summed E-state index contributed by atoms with van der Waals surface area (Å²) >= 11 is 0. The topological polar surface area (TPSA) is 28.5 Å². The van der Waals surface area contributed by atoms with Crippen molar-refractivity contribution in [2.75, 3.05) is 16.5 Å². The van der Waals surface area contributed by atoms with Gasteiger partial charge in [-0.15, -0.1) is 0 Å². The zero-order chi connectivity index (χ0) is 28.0. The van der Waals surface area contributed by atoms with Crippen molar-refractivity contribution >= 4 is 44.8 Å². The molecule has 0 saturated carbocycles. The second-order valence-electron chi connectivity index (χ2n) is 10.6. The van der Waals surface area contributed by atoms with Crippen LogP contribution in [0.25, 0.3) is 38.6 Å². The number of anilines is 3. The highest BCUT2D eigenvalue weighted by atomic mass is 16.2. The molecule has 6 aromatic carbocycles. The number of nitrogens with zero attached hydrogens (tertiary/aromatic N) is 3. The van der Waals surface area contributed by atoms with E-state index in [2.05, 4.69) is 107 Å². The minimum atomic E-state index is 0.00647. The van der Waals surface area contributed by atoms with Crippen molar-refractivity contribution in [2.45, 2.75) is 0 Å². The summed E-state index contributed by atoms with van der Waals surface area (Å²) in [5, 5.41) is 2.39. The molecule has 0 bridgehead atoms. The van der Waals surface area contributed by atoms with E-state index in [-0.39, 0.29) is 5.91 Å². The lowest BCUT2D eigenvalue weighted by atomic mass is 9.97.